The van der Waals surface area contributed by atoms with Gasteiger partial charge < -0.3 is 24.1 Å². The summed E-state index contributed by atoms with van der Waals surface area (Å²) in [5, 5.41) is 4.31. The van der Waals surface area contributed by atoms with Crippen LogP contribution in [0, 0.1) is 12.8 Å². The number of halogens is 3. The van der Waals surface area contributed by atoms with Gasteiger partial charge in [-0.25, -0.2) is 4.98 Å². The van der Waals surface area contributed by atoms with Crippen LogP contribution in [0.15, 0.2) is 65.2 Å². The standard InChI is InChI=1S/C32H34F3N3O5/c1-6-41-28(39)15-16-38(5)31(40)21-7-10-23(11-8-21)37-29(19(2)3)30-20(4)25-17-24(12-13-26(25)43-30)42-27-14-9-22(18-36-27)32(33,34)35/h7-14,17-19,29,37H,6,15-16H2,1-5H3. The van der Waals surface area contributed by atoms with E-state index in [1.807, 2.05) is 19.1 Å². The van der Waals surface area contributed by atoms with E-state index in [0.717, 1.165) is 34.7 Å². The lowest BCUT2D eigenvalue weighted by atomic mass is 9.97. The molecule has 0 spiro atoms. The Morgan fingerprint density at radius 1 is 1.07 bits per heavy atom. The van der Waals surface area contributed by atoms with Crippen molar-refractivity contribution in [2.75, 3.05) is 25.5 Å². The van der Waals surface area contributed by atoms with Gasteiger partial charge in [0.15, 0.2) is 0 Å². The summed E-state index contributed by atoms with van der Waals surface area (Å²) >= 11 is 0. The highest BCUT2D eigenvalue weighted by molar-refractivity contribution is 5.94. The molecule has 0 saturated heterocycles. The smallest absolute Gasteiger partial charge is 0.417 e. The van der Waals surface area contributed by atoms with E-state index in [4.69, 9.17) is 13.9 Å². The number of benzene rings is 2. The number of aryl methyl sites for hydroxylation is 1. The monoisotopic (exact) mass is 597 g/mol. The number of carbonyl (C=O) groups is 2. The number of alkyl halides is 3. The third-order valence-electron chi connectivity index (χ3n) is 6.94. The Hall–Kier alpha value is -4.54. The van der Waals surface area contributed by atoms with Crippen LogP contribution in [0.3, 0.4) is 0 Å². The van der Waals surface area contributed by atoms with E-state index in [1.54, 1.807) is 44.3 Å². The molecule has 4 aromatic rings. The molecule has 2 heterocycles. The van der Waals surface area contributed by atoms with Crippen molar-refractivity contribution in [3.05, 3.63) is 83.2 Å². The number of hydrogen-bond donors (Lipinski definition) is 1. The van der Waals surface area contributed by atoms with Crippen molar-refractivity contribution in [2.24, 2.45) is 5.92 Å². The van der Waals surface area contributed by atoms with Crippen molar-refractivity contribution < 1.29 is 36.7 Å². The SMILES string of the molecule is CCOC(=O)CCN(C)C(=O)c1ccc(NC(c2oc3ccc(Oc4ccc(C(F)(F)F)cn4)cc3c2C)C(C)C)cc1. The topological polar surface area (TPSA) is 93.9 Å². The van der Waals surface area contributed by atoms with Gasteiger partial charge in [-0.3, -0.25) is 9.59 Å². The van der Waals surface area contributed by atoms with Crippen molar-refractivity contribution in [1.29, 1.82) is 0 Å². The first-order chi connectivity index (χ1) is 20.4. The molecule has 0 bridgehead atoms. The average Bonchev–Trinajstić information content (AvgIpc) is 3.29. The molecule has 1 amide bonds. The summed E-state index contributed by atoms with van der Waals surface area (Å²) in [6.45, 7) is 8.35. The minimum absolute atomic E-state index is 0.0440. The van der Waals surface area contributed by atoms with E-state index >= 15 is 0 Å². The molecule has 2 aromatic heterocycles. The molecule has 11 heteroatoms. The summed E-state index contributed by atoms with van der Waals surface area (Å²) in [6, 6.07) is 14.2. The Kier molecular flexibility index (Phi) is 9.63. The van der Waals surface area contributed by atoms with Crippen LogP contribution in [0.5, 0.6) is 11.6 Å². The second kappa shape index (κ2) is 13.2. The van der Waals surface area contributed by atoms with Crippen LogP contribution in [0.25, 0.3) is 11.0 Å². The number of nitrogens with one attached hydrogen (secondary N) is 1. The Bertz CT molecular complexity index is 1560. The average molecular weight is 598 g/mol. The van der Waals surface area contributed by atoms with Crippen LogP contribution >= 0.6 is 0 Å². The van der Waals surface area contributed by atoms with Gasteiger partial charge in [-0.1, -0.05) is 13.8 Å². The van der Waals surface area contributed by atoms with Crippen LogP contribution in [0.1, 0.15) is 60.5 Å². The van der Waals surface area contributed by atoms with Crippen molar-refractivity contribution in [2.45, 2.75) is 46.3 Å². The van der Waals surface area contributed by atoms with Gasteiger partial charge >= 0.3 is 12.1 Å². The van der Waals surface area contributed by atoms with E-state index in [2.05, 4.69) is 24.1 Å². The molecular formula is C32H34F3N3O5. The van der Waals surface area contributed by atoms with Crippen LogP contribution in [-0.4, -0.2) is 42.0 Å². The van der Waals surface area contributed by atoms with Crippen LogP contribution in [0.2, 0.25) is 0 Å². The number of hydrogen-bond acceptors (Lipinski definition) is 7. The van der Waals surface area contributed by atoms with Gasteiger partial charge in [0.1, 0.15) is 17.1 Å². The Morgan fingerprint density at radius 3 is 2.40 bits per heavy atom. The summed E-state index contributed by atoms with van der Waals surface area (Å²) in [5.41, 5.74) is 1.97. The van der Waals surface area contributed by atoms with E-state index in [1.165, 1.54) is 11.0 Å². The van der Waals surface area contributed by atoms with E-state index < -0.39 is 11.7 Å². The molecule has 0 aliphatic heterocycles. The summed E-state index contributed by atoms with van der Waals surface area (Å²) in [7, 11) is 1.64. The number of nitrogens with zero attached hydrogens (tertiary/aromatic N) is 2. The van der Waals surface area contributed by atoms with Gasteiger partial charge in [0.05, 0.1) is 24.6 Å². The fourth-order valence-corrected chi connectivity index (χ4v) is 4.55. The third kappa shape index (κ3) is 7.65. The number of furan rings is 1. The first kappa shape index (κ1) is 31.4. The highest BCUT2D eigenvalue weighted by Gasteiger charge is 2.31. The molecular weight excluding hydrogens is 563 g/mol. The van der Waals surface area contributed by atoms with Crippen molar-refractivity contribution in [3.8, 4) is 11.6 Å². The predicted octanol–water partition coefficient (Wildman–Crippen LogP) is 7.78. The maximum atomic E-state index is 12.8. The molecule has 0 aliphatic carbocycles. The molecule has 2 aromatic carbocycles. The molecule has 8 nitrogen and oxygen atoms in total. The summed E-state index contributed by atoms with van der Waals surface area (Å²) in [4.78, 5) is 29.7. The molecule has 43 heavy (non-hydrogen) atoms. The molecule has 0 radical (unpaired) electrons. The third-order valence-corrected chi connectivity index (χ3v) is 6.94. The summed E-state index contributed by atoms with van der Waals surface area (Å²) in [5.74, 6) is 0.769. The Labute approximate surface area is 247 Å². The van der Waals surface area contributed by atoms with E-state index in [9.17, 15) is 22.8 Å². The van der Waals surface area contributed by atoms with Gasteiger partial charge in [-0.15, -0.1) is 0 Å². The van der Waals surface area contributed by atoms with Gasteiger partial charge in [0.2, 0.25) is 5.88 Å². The molecule has 1 N–H and O–H groups in total. The zero-order chi connectivity index (χ0) is 31.3. The highest BCUT2D eigenvalue weighted by atomic mass is 19.4. The lowest BCUT2D eigenvalue weighted by molar-refractivity contribution is -0.143. The van der Waals surface area contributed by atoms with Gasteiger partial charge in [0, 0.05) is 48.1 Å². The molecule has 0 fully saturated rings. The Balaban J connectivity index is 1.48. The van der Waals surface area contributed by atoms with Gasteiger partial charge in [-0.2, -0.15) is 13.2 Å². The number of carbonyl (C=O) groups excluding carboxylic acids is 2. The van der Waals surface area contributed by atoms with E-state index in [0.29, 0.717) is 23.5 Å². The van der Waals surface area contributed by atoms with Crippen molar-refractivity contribution in [3.63, 3.8) is 0 Å². The van der Waals surface area contributed by atoms with Crippen LogP contribution in [-0.2, 0) is 15.7 Å². The number of anilines is 1. The molecule has 0 aliphatic rings. The molecule has 4 rings (SSSR count). The first-order valence-corrected chi connectivity index (χ1v) is 13.9. The minimum Gasteiger partial charge on any atom is -0.466 e. The second-order valence-corrected chi connectivity index (χ2v) is 10.5. The maximum Gasteiger partial charge on any atom is 0.417 e. The molecule has 0 saturated carbocycles. The normalized spacial score (nSPS) is 12.3. The number of ether oxygens (including phenoxy) is 2. The highest BCUT2D eigenvalue weighted by Crippen LogP contribution is 2.37. The number of pyridine rings is 1. The second-order valence-electron chi connectivity index (χ2n) is 10.5. The summed E-state index contributed by atoms with van der Waals surface area (Å²) in [6.07, 6.45) is -3.61. The zero-order valence-corrected chi connectivity index (χ0v) is 24.6. The Morgan fingerprint density at radius 2 is 1.79 bits per heavy atom. The maximum absolute atomic E-state index is 12.8. The van der Waals surface area contributed by atoms with Crippen LogP contribution in [0.4, 0.5) is 18.9 Å². The molecule has 1 unspecified atom stereocenters. The molecule has 228 valence electrons. The summed E-state index contributed by atoms with van der Waals surface area (Å²) < 4.78 is 55.4. The fourth-order valence-electron chi connectivity index (χ4n) is 4.55. The number of esters is 1. The largest absolute Gasteiger partial charge is 0.466 e. The first-order valence-electron chi connectivity index (χ1n) is 13.9. The van der Waals surface area contributed by atoms with E-state index in [-0.39, 0.29) is 42.7 Å². The number of rotatable bonds is 11. The quantitative estimate of drug-likeness (QED) is 0.177. The zero-order valence-electron chi connectivity index (χ0n) is 24.6. The number of aromatic nitrogens is 1. The van der Waals surface area contributed by atoms with Gasteiger partial charge in [0.25, 0.3) is 5.91 Å². The van der Waals surface area contributed by atoms with Crippen molar-refractivity contribution >= 4 is 28.5 Å². The minimum atomic E-state index is -4.47. The van der Waals surface area contributed by atoms with Gasteiger partial charge in [-0.05, 0) is 68.3 Å². The predicted molar refractivity (Wildman–Crippen MR) is 156 cm³/mol. The van der Waals surface area contributed by atoms with Crippen LogP contribution < -0.4 is 10.1 Å². The fraction of sp³-hybridized carbons (Fsp3) is 0.344. The van der Waals surface area contributed by atoms with Crippen molar-refractivity contribution in [1.82, 2.24) is 9.88 Å². The number of fused-ring (bicyclic) bond motifs is 1. The number of amides is 1. The molecule has 1 atom stereocenters. The lowest BCUT2D eigenvalue weighted by Gasteiger charge is -2.23. The lowest BCUT2D eigenvalue weighted by Crippen LogP contribution is -2.29.